The maximum atomic E-state index is 12.1. The average Bonchev–Trinajstić information content (AvgIpc) is 3.17. The molecule has 0 aliphatic rings. The van der Waals surface area contributed by atoms with Crippen molar-refractivity contribution in [2.75, 3.05) is 24.6 Å². The normalized spacial score (nSPS) is 11.3. The minimum atomic E-state index is -1.32. The van der Waals surface area contributed by atoms with Crippen LogP contribution >= 0.6 is 0 Å². The zero-order valence-electron chi connectivity index (χ0n) is 18.5. The average molecular weight is 440 g/mol. The van der Waals surface area contributed by atoms with Crippen LogP contribution in [-0.4, -0.2) is 47.3 Å². The zero-order valence-corrected chi connectivity index (χ0v) is 18.5. The molecule has 3 aromatic rings. The Morgan fingerprint density at radius 1 is 1.16 bits per heavy atom. The van der Waals surface area contributed by atoms with Crippen LogP contribution in [0.1, 0.15) is 32.8 Å². The molecule has 1 heterocycles. The second-order valence-electron chi connectivity index (χ2n) is 7.86. The number of carbonyl (C=O) groups excluding carboxylic acids is 1. The van der Waals surface area contributed by atoms with Crippen molar-refractivity contribution < 1.29 is 28.6 Å². The third-order valence-corrected chi connectivity index (χ3v) is 4.86. The Kier molecular flexibility index (Phi) is 7.35. The molecule has 0 aliphatic heterocycles. The van der Waals surface area contributed by atoms with E-state index in [1.165, 1.54) is 13.8 Å². The van der Waals surface area contributed by atoms with E-state index in [-0.39, 0.29) is 12.5 Å². The largest absolute Gasteiger partial charge is 0.478 e. The van der Waals surface area contributed by atoms with Gasteiger partial charge in [-0.3, -0.25) is 4.79 Å². The first kappa shape index (κ1) is 23.1. The summed E-state index contributed by atoms with van der Waals surface area (Å²) in [6.07, 6.45) is 1.41. The molecule has 0 saturated carbocycles. The number of aliphatic carboxylic acids is 1. The number of carbonyl (C=O) groups is 2. The molecule has 8 heteroatoms. The summed E-state index contributed by atoms with van der Waals surface area (Å²) in [6, 6.07) is 15.2. The molecular weight excluding hydrogens is 412 g/mol. The zero-order chi connectivity index (χ0) is 23.1. The predicted molar refractivity (Wildman–Crippen MR) is 120 cm³/mol. The number of hydrogen-bond acceptors (Lipinski definition) is 7. The lowest BCUT2D eigenvalue weighted by molar-refractivity contribution is -0.152. The van der Waals surface area contributed by atoms with Gasteiger partial charge in [-0.15, -0.1) is 0 Å². The molecule has 3 rings (SSSR count). The number of carboxylic acid groups (broad SMARTS) is 1. The van der Waals surface area contributed by atoms with Gasteiger partial charge in [-0.1, -0.05) is 24.3 Å². The van der Waals surface area contributed by atoms with Crippen molar-refractivity contribution in [1.82, 2.24) is 4.98 Å². The van der Waals surface area contributed by atoms with Crippen molar-refractivity contribution in [2.45, 2.75) is 39.2 Å². The number of esters is 1. The molecule has 32 heavy (non-hydrogen) atoms. The number of aryl methyl sites for hydroxylation is 1. The Hall–Kier alpha value is -3.55. The summed E-state index contributed by atoms with van der Waals surface area (Å²) in [5, 5.41) is 9.26. The molecule has 0 bridgehead atoms. The monoisotopic (exact) mass is 440 g/mol. The summed E-state index contributed by atoms with van der Waals surface area (Å²) in [6.45, 7) is 5.65. The highest BCUT2D eigenvalue weighted by Crippen LogP contribution is 2.23. The van der Waals surface area contributed by atoms with E-state index in [2.05, 4.69) is 4.98 Å². The first-order valence-electron chi connectivity index (χ1n) is 10.6. The van der Waals surface area contributed by atoms with Gasteiger partial charge in [0.25, 0.3) is 6.01 Å². The van der Waals surface area contributed by atoms with Gasteiger partial charge in [-0.25, -0.2) is 4.79 Å². The predicted octanol–water partition coefficient (Wildman–Crippen LogP) is 4.07. The fourth-order valence-corrected chi connectivity index (χ4v) is 3.18. The topological polar surface area (TPSA) is 102 Å². The van der Waals surface area contributed by atoms with E-state index >= 15 is 0 Å². The molecule has 2 aromatic carbocycles. The minimum absolute atomic E-state index is 0.0383. The molecule has 0 amide bonds. The van der Waals surface area contributed by atoms with Crippen molar-refractivity contribution in [3.63, 3.8) is 0 Å². The molecule has 0 atom stereocenters. The summed E-state index contributed by atoms with van der Waals surface area (Å²) in [5.41, 5.74) is 1.06. The highest BCUT2D eigenvalue weighted by atomic mass is 16.5. The lowest BCUT2D eigenvalue weighted by Gasteiger charge is -2.22. The van der Waals surface area contributed by atoms with Gasteiger partial charge in [-0.2, -0.15) is 4.98 Å². The van der Waals surface area contributed by atoms with Crippen LogP contribution in [0, 0.1) is 0 Å². The summed E-state index contributed by atoms with van der Waals surface area (Å²) in [5.74, 6) is -0.880. The van der Waals surface area contributed by atoms with Crippen molar-refractivity contribution in [3.8, 4) is 5.75 Å². The van der Waals surface area contributed by atoms with Crippen molar-refractivity contribution >= 4 is 29.1 Å². The van der Waals surface area contributed by atoms with Crippen LogP contribution < -0.4 is 9.64 Å². The molecular formula is C24H28N2O6. The van der Waals surface area contributed by atoms with Gasteiger partial charge in [0.2, 0.25) is 0 Å². The number of fused-ring (bicyclic) bond motifs is 1. The number of hydrogen-bond donors (Lipinski definition) is 1. The Balaban J connectivity index is 1.68. The first-order valence-corrected chi connectivity index (χ1v) is 10.6. The van der Waals surface area contributed by atoms with Crippen LogP contribution in [0.2, 0.25) is 0 Å². The lowest BCUT2D eigenvalue weighted by atomic mass is 10.1. The van der Waals surface area contributed by atoms with Gasteiger partial charge in [0.05, 0.1) is 6.61 Å². The van der Waals surface area contributed by atoms with E-state index in [1.54, 1.807) is 17.9 Å². The molecule has 170 valence electrons. The third-order valence-electron chi connectivity index (χ3n) is 4.86. The quantitative estimate of drug-likeness (QED) is 0.445. The van der Waals surface area contributed by atoms with E-state index in [4.69, 9.17) is 13.9 Å². The highest BCUT2D eigenvalue weighted by molar-refractivity contribution is 5.78. The number of anilines is 1. The van der Waals surface area contributed by atoms with Crippen LogP contribution in [0.4, 0.5) is 6.01 Å². The van der Waals surface area contributed by atoms with Crippen LogP contribution in [-0.2, 0) is 20.7 Å². The number of benzene rings is 2. The molecule has 0 spiro atoms. The van der Waals surface area contributed by atoms with Crippen molar-refractivity contribution in [2.24, 2.45) is 0 Å². The Labute approximate surface area is 186 Å². The molecule has 8 nitrogen and oxygen atoms in total. The minimum Gasteiger partial charge on any atom is -0.478 e. The number of aromatic nitrogens is 1. The third kappa shape index (κ3) is 6.00. The number of ether oxygens (including phenoxy) is 2. The van der Waals surface area contributed by atoms with E-state index in [9.17, 15) is 14.7 Å². The first-order chi connectivity index (χ1) is 15.3. The smallest absolute Gasteiger partial charge is 0.347 e. The number of oxazole rings is 1. The standard InChI is InChI=1S/C24H28N2O6/c1-4-30-21(27)16-26(23-25-19-12-5-6-13-20(19)31-23)14-8-10-17-9-7-11-18(15-17)32-24(2,3)22(28)29/h5-7,9,11-13,15H,4,8,10,14,16H2,1-3H3,(H,28,29). The van der Waals surface area contributed by atoms with E-state index in [1.807, 2.05) is 42.5 Å². The highest BCUT2D eigenvalue weighted by Gasteiger charge is 2.29. The second-order valence-corrected chi connectivity index (χ2v) is 7.86. The second kappa shape index (κ2) is 10.2. The summed E-state index contributed by atoms with van der Waals surface area (Å²) in [7, 11) is 0. The van der Waals surface area contributed by atoms with Gasteiger partial charge in [0.15, 0.2) is 11.2 Å². The Morgan fingerprint density at radius 2 is 1.94 bits per heavy atom. The molecule has 0 unspecified atom stereocenters. The molecule has 0 aliphatic carbocycles. The maximum Gasteiger partial charge on any atom is 0.347 e. The lowest BCUT2D eigenvalue weighted by Crippen LogP contribution is -2.37. The Morgan fingerprint density at radius 3 is 2.66 bits per heavy atom. The van der Waals surface area contributed by atoms with Gasteiger partial charge in [0, 0.05) is 6.54 Å². The summed E-state index contributed by atoms with van der Waals surface area (Å²) < 4.78 is 16.6. The van der Waals surface area contributed by atoms with Crippen LogP contribution in [0.5, 0.6) is 5.75 Å². The van der Waals surface area contributed by atoms with Crippen LogP contribution in [0.25, 0.3) is 11.1 Å². The van der Waals surface area contributed by atoms with Gasteiger partial charge >= 0.3 is 11.9 Å². The van der Waals surface area contributed by atoms with E-state index in [0.717, 1.165) is 11.1 Å². The number of para-hydroxylation sites is 2. The van der Waals surface area contributed by atoms with Crippen LogP contribution in [0.3, 0.4) is 0 Å². The number of rotatable bonds is 11. The van der Waals surface area contributed by atoms with E-state index < -0.39 is 11.6 Å². The molecule has 1 N–H and O–H groups in total. The van der Waals surface area contributed by atoms with Gasteiger partial charge in [-0.05, 0) is 63.4 Å². The number of nitrogens with zero attached hydrogens (tertiary/aromatic N) is 2. The van der Waals surface area contributed by atoms with Gasteiger partial charge in [0.1, 0.15) is 17.8 Å². The fourth-order valence-electron chi connectivity index (χ4n) is 3.18. The SMILES string of the molecule is CCOC(=O)CN(CCCc1cccc(OC(C)(C)C(=O)O)c1)c1nc2ccccc2o1. The van der Waals surface area contributed by atoms with Crippen molar-refractivity contribution in [1.29, 1.82) is 0 Å². The summed E-state index contributed by atoms with van der Waals surface area (Å²) >= 11 is 0. The molecule has 0 fully saturated rings. The van der Waals surface area contributed by atoms with Crippen molar-refractivity contribution in [3.05, 3.63) is 54.1 Å². The maximum absolute atomic E-state index is 12.1. The summed E-state index contributed by atoms with van der Waals surface area (Å²) in [4.78, 5) is 29.7. The van der Waals surface area contributed by atoms with Gasteiger partial charge < -0.3 is 23.9 Å². The number of carboxylic acids is 1. The molecule has 0 radical (unpaired) electrons. The molecule has 1 aromatic heterocycles. The Bertz CT molecular complexity index is 1040. The van der Waals surface area contributed by atoms with Crippen LogP contribution in [0.15, 0.2) is 52.9 Å². The van der Waals surface area contributed by atoms with E-state index in [0.29, 0.717) is 43.3 Å². The fraction of sp³-hybridized carbons (Fsp3) is 0.375. The molecule has 0 saturated heterocycles.